The molecular weight excluding hydrogens is 372 g/mol. The lowest BCUT2D eigenvalue weighted by Crippen LogP contribution is -1.96. The Kier molecular flexibility index (Phi) is 55.3. The van der Waals surface area contributed by atoms with Gasteiger partial charge in [0.2, 0.25) is 0 Å². The minimum Gasteiger partial charge on any atom is -0.341 e. The van der Waals surface area contributed by atoms with Crippen LogP contribution < -0.4 is 0 Å². The molecule has 0 fully saturated rings. The quantitative estimate of drug-likeness (QED) is 0.283. The molecule has 188 valence electrons. The minimum absolute atomic E-state index is 0. The highest BCUT2D eigenvalue weighted by Crippen LogP contribution is 2.06. The SMILES string of the molecule is C=C(C)C.C=C(C)C.C=C(C)C.CC=CC.[CH2+]C([CH2-])(C)C.[CH2+]C([CH2-])C(C)C.[CH2-]C(C)C. The zero-order valence-electron chi connectivity index (χ0n) is 24.5. The number of allylic oxidation sites excluding steroid dienone is 5. The Balaban J connectivity index is -0.0000000437. The molecule has 0 unspecified atom stereocenters. The van der Waals surface area contributed by atoms with Crippen LogP contribution in [0.3, 0.4) is 0 Å². The monoisotopic (exact) mass is 435 g/mol. The summed E-state index contributed by atoms with van der Waals surface area (Å²) in [4.78, 5) is 0. The molecule has 0 heteroatoms. The first-order valence-corrected chi connectivity index (χ1v) is 11.1. The molecule has 0 heterocycles. The summed E-state index contributed by atoms with van der Waals surface area (Å²) in [5, 5.41) is 0. The largest absolute Gasteiger partial charge is 0.341 e. The van der Waals surface area contributed by atoms with Crippen molar-refractivity contribution in [2.45, 2.75) is 96.9 Å². The molecule has 0 radical (unpaired) electrons. The van der Waals surface area contributed by atoms with Gasteiger partial charge in [-0.25, -0.2) is 0 Å². The highest BCUT2D eigenvalue weighted by Gasteiger charge is 1.96. The summed E-state index contributed by atoms with van der Waals surface area (Å²) < 4.78 is 0. The Hall–Kier alpha value is -1.30. The van der Waals surface area contributed by atoms with Crippen molar-refractivity contribution in [2.24, 2.45) is 23.2 Å². The fourth-order valence-electron chi connectivity index (χ4n) is 0. The zero-order chi connectivity index (χ0) is 27.4. The zero-order valence-corrected chi connectivity index (χ0v) is 24.5. The molecule has 0 rings (SSSR count). The first-order valence-electron chi connectivity index (χ1n) is 11.1. The predicted octanol–water partition coefficient (Wildman–Crippen LogP) is 11.4. The van der Waals surface area contributed by atoms with Gasteiger partial charge in [-0.1, -0.05) is 56.6 Å². The van der Waals surface area contributed by atoms with Crippen LogP contribution in [0.2, 0.25) is 0 Å². The molecule has 0 aliphatic heterocycles. The molecule has 0 spiro atoms. The maximum Gasteiger partial charge on any atom is 0.0358 e. The van der Waals surface area contributed by atoms with E-state index in [2.05, 4.69) is 82.1 Å². The number of hydrogen-bond acceptors (Lipinski definition) is 0. The van der Waals surface area contributed by atoms with Crippen LogP contribution >= 0.6 is 0 Å². The Labute approximate surface area is 203 Å². The molecule has 31 heavy (non-hydrogen) atoms. The van der Waals surface area contributed by atoms with E-state index < -0.39 is 0 Å². The molecule has 0 bridgehead atoms. The fraction of sp³-hybridized carbons (Fsp3) is 0.581. The van der Waals surface area contributed by atoms with E-state index >= 15 is 0 Å². The second-order valence-electron chi connectivity index (χ2n) is 9.85. The van der Waals surface area contributed by atoms with E-state index in [1.807, 2.05) is 81.4 Å². The maximum atomic E-state index is 3.73. The van der Waals surface area contributed by atoms with Crippen molar-refractivity contribution in [3.63, 3.8) is 0 Å². The first-order chi connectivity index (χ1) is 13.5. The van der Waals surface area contributed by atoms with E-state index in [0.717, 1.165) is 0 Å². The van der Waals surface area contributed by atoms with E-state index in [9.17, 15) is 0 Å². The van der Waals surface area contributed by atoms with Crippen molar-refractivity contribution < 1.29 is 0 Å². The molecule has 0 N–H and O–H groups in total. The van der Waals surface area contributed by atoms with Crippen LogP contribution in [0.4, 0.5) is 0 Å². The second kappa shape index (κ2) is 36.1. The van der Waals surface area contributed by atoms with Gasteiger partial charge in [-0.3, -0.25) is 13.8 Å². The third kappa shape index (κ3) is 1490. The van der Waals surface area contributed by atoms with Crippen LogP contribution in [0.1, 0.15) is 96.9 Å². The first kappa shape index (κ1) is 47.5. The molecular formula is C31H63-. The van der Waals surface area contributed by atoms with Crippen molar-refractivity contribution in [2.75, 3.05) is 0 Å². The highest BCUT2D eigenvalue weighted by atomic mass is 14.0. The van der Waals surface area contributed by atoms with Crippen LogP contribution in [0.15, 0.2) is 48.6 Å². The van der Waals surface area contributed by atoms with Crippen LogP contribution in [-0.2, 0) is 0 Å². The highest BCUT2D eigenvalue weighted by molar-refractivity contribution is 4.79. The van der Waals surface area contributed by atoms with Crippen LogP contribution in [-0.4, -0.2) is 0 Å². The molecule has 0 nitrogen and oxygen atoms in total. The van der Waals surface area contributed by atoms with Gasteiger partial charge in [0.05, 0.1) is 0 Å². The standard InChI is InChI=1S/C6H12.C5H10.C4H9.4C4H8/c1-5(2)6(3)4;1-5(2,3)4;4*1-4(2)3;1-3-4-2/h5-6H,1-2H2,3-4H3;1-2H2,3-4H3;4H,1H2,2-3H3;3*1H2,2-3H3;3-4H,1-2H3/q;;-1;;;;. The lowest BCUT2D eigenvalue weighted by atomic mass is 10.0. The lowest BCUT2D eigenvalue weighted by Gasteiger charge is -2.06. The molecule has 0 aliphatic rings. The summed E-state index contributed by atoms with van der Waals surface area (Å²) in [5.41, 5.74) is 3.50. The normalized spacial score (nSPS) is 9.77. The van der Waals surface area contributed by atoms with Gasteiger partial charge in [-0.05, 0) is 86.5 Å². The maximum absolute atomic E-state index is 3.73. The lowest BCUT2D eigenvalue weighted by molar-refractivity contribution is 0.544. The van der Waals surface area contributed by atoms with Crippen molar-refractivity contribution in [3.05, 3.63) is 83.2 Å². The Morgan fingerprint density at radius 1 is 0.742 bits per heavy atom. The predicted molar refractivity (Wildman–Crippen MR) is 156 cm³/mol. The van der Waals surface area contributed by atoms with E-state index in [4.69, 9.17) is 0 Å². The number of hydrogen-bond donors (Lipinski definition) is 0. The molecule has 0 aliphatic carbocycles. The van der Waals surface area contributed by atoms with Gasteiger partial charge in [-0.2, -0.15) is 5.92 Å². The van der Waals surface area contributed by atoms with Gasteiger partial charge in [0, 0.05) is 13.8 Å². The topological polar surface area (TPSA) is 0 Å². The smallest absolute Gasteiger partial charge is 0.0358 e. The van der Waals surface area contributed by atoms with E-state index in [1.165, 1.54) is 16.7 Å². The summed E-state index contributed by atoms with van der Waals surface area (Å²) >= 11 is 0. The molecule has 0 aromatic heterocycles. The van der Waals surface area contributed by atoms with E-state index in [-0.39, 0.29) is 5.41 Å². The van der Waals surface area contributed by atoms with Gasteiger partial charge in [0.15, 0.2) is 0 Å². The Bertz CT molecular complexity index is 308. The van der Waals surface area contributed by atoms with Gasteiger partial charge in [-0.15, -0.1) is 19.7 Å². The van der Waals surface area contributed by atoms with Crippen molar-refractivity contribution in [3.8, 4) is 0 Å². The summed E-state index contributed by atoms with van der Waals surface area (Å²) in [6, 6.07) is 0. The number of rotatable bonds is 1. The molecule has 0 aromatic carbocycles. The van der Waals surface area contributed by atoms with Crippen molar-refractivity contribution in [1.29, 1.82) is 0 Å². The third-order valence-corrected chi connectivity index (χ3v) is 1.28. The molecule has 0 aromatic rings. The fourth-order valence-corrected chi connectivity index (χ4v) is 0. The van der Waals surface area contributed by atoms with E-state index in [0.29, 0.717) is 17.8 Å². The summed E-state index contributed by atoms with van der Waals surface area (Å²) in [6.07, 6.45) is 4.00. The molecule has 0 saturated carbocycles. The molecule has 0 atom stereocenters. The van der Waals surface area contributed by atoms with Gasteiger partial charge < -0.3 is 6.92 Å². The Morgan fingerprint density at radius 2 is 0.806 bits per heavy atom. The Morgan fingerprint density at radius 3 is 0.806 bits per heavy atom. The van der Waals surface area contributed by atoms with Gasteiger partial charge in [0.25, 0.3) is 0 Å². The average Bonchev–Trinajstić information content (AvgIpc) is 2.43. The molecule has 0 amide bonds. The summed E-state index contributed by atoms with van der Waals surface area (Å²) in [7, 11) is 0. The summed E-state index contributed by atoms with van der Waals surface area (Å²) in [6.45, 7) is 57.2. The minimum atomic E-state index is 0. The van der Waals surface area contributed by atoms with Crippen molar-refractivity contribution >= 4 is 0 Å². The van der Waals surface area contributed by atoms with Crippen LogP contribution in [0.5, 0.6) is 0 Å². The van der Waals surface area contributed by atoms with Crippen LogP contribution in [0.25, 0.3) is 0 Å². The second-order valence-corrected chi connectivity index (χ2v) is 9.85. The summed E-state index contributed by atoms with van der Waals surface area (Å²) in [5.74, 6) is 1.56. The molecule has 0 saturated heterocycles. The average molecular weight is 436 g/mol. The third-order valence-electron chi connectivity index (χ3n) is 1.28. The van der Waals surface area contributed by atoms with Gasteiger partial charge >= 0.3 is 0 Å². The van der Waals surface area contributed by atoms with Gasteiger partial charge in [0.1, 0.15) is 0 Å². The van der Waals surface area contributed by atoms with E-state index in [1.54, 1.807) is 0 Å². The van der Waals surface area contributed by atoms with Crippen LogP contribution in [0, 0.1) is 57.8 Å². The van der Waals surface area contributed by atoms with Crippen molar-refractivity contribution in [1.82, 2.24) is 0 Å².